The highest BCUT2D eigenvalue weighted by atomic mass is 16.6. The Kier molecular flexibility index (Phi) is 3.95. The van der Waals surface area contributed by atoms with E-state index in [1.807, 2.05) is 25.8 Å². The zero-order valence-corrected chi connectivity index (χ0v) is 11.6. The molecule has 1 aromatic heterocycles. The Morgan fingerprint density at radius 3 is 2.56 bits per heavy atom. The molecule has 0 atom stereocenters. The molecule has 0 aliphatic carbocycles. The quantitative estimate of drug-likeness (QED) is 0.627. The van der Waals surface area contributed by atoms with E-state index in [9.17, 15) is 10.1 Å². The van der Waals surface area contributed by atoms with E-state index in [-0.39, 0.29) is 11.2 Å². The molecule has 0 bridgehead atoms. The van der Waals surface area contributed by atoms with Crippen molar-refractivity contribution in [1.29, 1.82) is 0 Å². The van der Waals surface area contributed by atoms with Gasteiger partial charge in [0.05, 0.1) is 0 Å². The molecule has 7 nitrogen and oxygen atoms in total. The molecule has 7 heteroatoms. The monoisotopic (exact) mass is 255 g/mol. The molecule has 0 aliphatic rings. The van der Waals surface area contributed by atoms with Crippen molar-refractivity contribution < 1.29 is 4.92 Å². The number of rotatable bonds is 5. The highest BCUT2D eigenvalue weighted by Crippen LogP contribution is 2.29. The van der Waals surface area contributed by atoms with Crippen molar-refractivity contribution in [2.24, 2.45) is 18.2 Å². The molecule has 0 fully saturated rings. The minimum absolute atomic E-state index is 0.106. The Morgan fingerprint density at radius 1 is 1.56 bits per heavy atom. The fourth-order valence-electron chi connectivity index (χ4n) is 1.91. The van der Waals surface area contributed by atoms with Gasteiger partial charge in [0, 0.05) is 27.6 Å². The van der Waals surface area contributed by atoms with Crippen LogP contribution >= 0.6 is 0 Å². The molecular weight excluding hydrogens is 234 g/mol. The van der Waals surface area contributed by atoms with Gasteiger partial charge in [-0.05, 0) is 21.9 Å². The van der Waals surface area contributed by atoms with Gasteiger partial charge in [-0.2, -0.15) is 0 Å². The van der Waals surface area contributed by atoms with E-state index in [4.69, 9.17) is 5.73 Å². The normalized spacial score (nSPS) is 11.7. The van der Waals surface area contributed by atoms with Crippen molar-refractivity contribution in [1.82, 2.24) is 9.55 Å². The van der Waals surface area contributed by atoms with Crippen molar-refractivity contribution in [3.8, 4) is 0 Å². The first kappa shape index (κ1) is 14.4. The third-order valence-corrected chi connectivity index (χ3v) is 3.02. The van der Waals surface area contributed by atoms with Gasteiger partial charge < -0.3 is 20.7 Å². The van der Waals surface area contributed by atoms with Crippen molar-refractivity contribution in [2.45, 2.75) is 20.8 Å². The first-order chi connectivity index (χ1) is 8.19. The van der Waals surface area contributed by atoms with E-state index < -0.39 is 4.92 Å². The summed E-state index contributed by atoms with van der Waals surface area (Å²) in [6, 6.07) is 0. The molecule has 0 saturated carbocycles. The van der Waals surface area contributed by atoms with E-state index in [2.05, 4.69) is 4.98 Å². The van der Waals surface area contributed by atoms with Gasteiger partial charge in [-0.1, -0.05) is 13.8 Å². The van der Waals surface area contributed by atoms with E-state index in [1.54, 1.807) is 18.5 Å². The van der Waals surface area contributed by atoms with Gasteiger partial charge in [0.25, 0.3) is 0 Å². The van der Waals surface area contributed by atoms with Crippen LogP contribution in [-0.2, 0) is 7.05 Å². The average molecular weight is 255 g/mol. The van der Waals surface area contributed by atoms with E-state index in [0.29, 0.717) is 24.7 Å². The highest BCUT2D eigenvalue weighted by Gasteiger charge is 2.29. The Labute approximate surface area is 107 Å². The van der Waals surface area contributed by atoms with Crippen molar-refractivity contribution >= 4 is 11.6 Å². The first-order valence-electron chi connectivity index (χ1n) is 5.78. The molecule has 0 amide bonds. The lowest BCUT2D eigenvalue weighted by Crippen LogP contribution is -2.37. The summed E-state index contributed by atoms with van der Waals surface area (Å²) in [6.07, 6.45) is 0. The molecule has 0 spiro atoms. The summed E-state index contributed by atoms with van der Waals surface area (Å²) < 4.78 is 1.73. The van der Waals surface area contributed by atoms with Crippen molar-refractivity contribution in [2.75, 3.05) is 25.0 Å². The van der Waals surface area contributed by atoms with Crippen LogP contribution < -0.4 is 10.6 Å². The van der Waals surface area contributed by atoms with Crippen LogP contribution in [0.2, 0.25) is 0 Å². The van der Waals surface area contributed by atoms with Gasteiger partial charge in [0.2, 0.25) is 11.6 Å². The van der Waals surface area contributed by atoms with Gasteiger partial charge in [-0.25, -0.2) is 0 Å². The highest BCUT2D eigenvalue weighted by molar-refractivity contribution is 5.55. The molecule has 0 aliphatic heterocycles. The zero-order valence-electron chi connectivity index (χ0n) is 11.6. The maximum absolute atomic E-state index is 11.0. The second-order valence-electron chi connectivity index (χ2n) is 5.35. The lowest BCUT2D eigenvalue weighted by molar-refractivity contribution is -0.388. The maximum atomic E-state index is 11.0. The fourth-order valence-corrected chi connectivity index (χ4v) is 1.91. The zero-order chi connectivity index (χ0) is 14.1. The molecule has 1 heterocycles. The minimum Gasteiger partial charge on any atom is -0.358 e. The SMILES string of the molecule is Cc1nc([N+](=O)[O-])c(N(C)CC(C)(C)CN)n1C. The molecule has 2 N–H and O–H groups in total. The number of imidazole rings is 1. The topological polar surface area (TPSA) is 90.2 Å². The van der Waals surface area contributed by atoms with Crippen molar-refractivity contribution in [3.05, 3.63) is 15.9 Å². The number of nitrogens with two attached hydrogens (primary N) is 1. The Morgan fingerprint density at radius 2 is 2.11 bits per heavy atom. The lowest BCUT2D eigenvalue weighted by Gasteiger charge is -2.29. The molecule has 0 unspecified atom stereocenters. The summed E-state index contributed by atoms with van der Waals surface area (Å²) in [4.78, 5) is 16.4. The molecule has 1 aromatic rings. The third kappa shape index (κ3) is 2.79. The van der Waals surface area contributed by atoms with Crippen LogP contribution in [0.5, 0.6) is 0 Å². The summed E-state index contributed by atoms with van der Waals surface area (Å²) in [6.45, 7) is 6.95. The second kappa shape index (κ2) is 4.93. The molecule has 102 valence electrons. The Bertz CT molecular complexity index is 453. The summed E-state index contributed by atoms with van der Waals surface area (Å²) >= 11 is 0. The van der Waals surface area contributed by atoms with E-state index in [0.717, 1.165) is 0 Å². The summed E-state index contributed by atoms with van der Waals surface area (Å²) in [5.74, 6) is 1.03. The number of hydrogen-bond acceptors (Lipinski definition) is 5. The predicted molar refractivity (Wildman–Crippen MR) is 70.7 cm³/mol. The number of hydrogen-bond donors (Lipinski definition) is 1. The Hall–Kier alpha value is -1.63. The summed E-state index contributed by atoms with van der Waals surface area (Å²) in [7, 11) is 3.59. The number of nitro groups is 1. The van der Waals surface area contributed by atoms with Gasteiger partial charge in [-0.15, -0.1) is 0 Å². The lowest BCUT2D eigenvalue weighted by atomic mass is 9.93. The summed E-state index contributed by atoms with van der Waals surface area (Å²) in [5.41, 5.74) is 5.58. The standard InChI is InChI=1S/C11H21N5O2/c1-8-13-9(16(17)18)10(15(8)5)14(4)7-11(2,3)6-12/h6-7,12H2,1-5H3. The third-order valence-electron chi connectivity index (χ3n) is 3.02. The Balaban J connectivity index is 3.12. The van der Waals surface area contributed by atoms with Crippen LogP contribution in [0.25, 0.3) is 0 Å². The predicted octanol–water partition coefficient (Wildman–Crippen LogP) is 1.06. The number of aryl methyl sites for hydroxylation is 1. The van der Waals surface area contributed by atoms with Crippen LogP contribution in [0.4, 0.5) is 11.6 Å². The van der Waals surface area contributed by atoms with E-state index in [1.165, 1.54) is 0 Å². The molecule has 18 heavy (non-hydrogen) atoms. The summed E-state index contributed by atoms with van der Waals surface area (Å²) in [5, 5.41) is 11.0. The van der Waals surface area contributed by atoms with E-state index >= 15 is 0 Å². The van der Waals surface area contributed by atoms with Gasteiger partial charge in [0.1, 0.15) is 0 Å². The largest absolute Gasteiger partial charge is 0.406 e. The number of anilines is 1. The molecule has 1 rings (SSSR count). The van der Waals surface area contributed by atoms with Crippen LogP contribution in [0.1, 0.15) is 19.7 Å². The van der Waals surface area contributed by atoms with Crippen molar-refractivity contribution in [3.63, 3.8) is 0 Å². The van der Waals surface area contributed by atoms with Gasteiger partial charge >= 0.3 is 5.82 Å². The number of nitrogens with zero attached hydrogens (tertiary/aromatic N) is 4. The smallest absolute Gasteiger partial charge is 0.358 e. The number of aromatic nitrogens is 2. The van der Waals surface area contributed by atoms with Crippen LogP contribution in [0, 0.1) is 22.5 Å². The molecular formula is C11H21N5O2. The second-order valence-corrected chi connectivity index (χ2v) is 5.35. The fraction of sp³-hybridized carbons (Fsp3) is 0.727. The first-order valence-corrected chi connectivity index (χ1v) is 5.78. The van der Waals surface area contributed by atoms with Gasteiger partial charge in [0.15, 0.2) is 0 Å². The minimum atomic E-state index is -0.450. The van der Waals surface area contributed by atoms with Gasteiger partial charge in [-0.3, -0.25) is 4.57 Å². The van der Waals surface area contributed by atoms with Crippen LogP contribution in [-0.4, -0.2) is 34.6 Å². The molecule has 0 saturated heterocycles. The molecule has 0 radical (unpaired) electrons. The maximum Gasteiger partial charge on any atom is 0.406 e. The van der Waals surface area contributed by atoms with Crippen LogP contribution in [0.3, 0.4) is 0 Å². The van der Waals surface area contributed by atoms with Crippen LogP contribution in [0.15, 0.2) is 0 Å². The average Bonchev–Trinajstić information content (AvgIpc) is 2.55. The molecule has 0 aromatic carbocycles.